The predicted octanol–water partition coefficient (Wildman–Crippen LogP) is -0.979. The predicted molar refractivity (Wildman–Crippen MR) is 79.6 cm³/mol. The van der Waals surface area contributed by atoms with Gasteiger partial charge in [0.15, 0.2) is 0 Å². The molecule has 0 saturated carbocycles. The van der Waals surface area contributed by atoms with Gasteiger partial charge in [0, 0.05) is 12.1 Å². The second-order valence-electron chi connectivity index (χ2n) is 5.72. The van der Waals surface area contributed by atoms with Gasteiger partial charge in [-0.15, -0.1) is 0 Å². The van der Waals surface area contributed by atoms with E-state index in [1.54, 1.807) is 6.07 Å². The van der Waals surface area contributed by atoms with Crippen molar-refractivity contribution >= 4 is 37.2 Å². The summed E-state index contributed by atoms with van der Waals surface area (Å²) in [6.45, 7) is 0. The second-order valence-corrected chi connectivity index (χ2v) is 5.72. The van der Waals surface area contributed by atoms with Gasteiger partial charge in [0.2, 0.25) is 11.8 Å². The first-order chi connectivity index (χ1) is 10.4. The molecule has 2 aliphatic rings. The SMILES string of the molecule is B[C@@]1(N2C(=O)c3cccc(N)c3C2=O)CCCC(=O)NC1=O. The Hall–Kier alpha value is -2.64. The van der Waals surface area contributed by atoms with Crippen molar-refractivity contribution in [1.29, 1.82) is 0 Å². The van der Waals surface area contributed by atoms with Crippen LogP contribution in [0.2, 0.25) is 0 Å². The number of hydrogen-bond donors (Lipinski definition) is 2. The average molecular weight is 299 g/mol. The van der Waals surface area contributed by atoms with Crippen molar-refractivity contribution in [1.82, 2.24) is 10.2 Å². The molecule has 0 aliphatic carbocycles. The van der Waals surface area contributed by atoms with Crippen LogP contribution in [0.15, 0.2) is 18.2 Å². The Morgan fingerprint density at radius 2 is 1.91 bits per heavy atom. The monoisotopic (exact) mass is 299 g/mol. The first-order valence-electron chi connectivity index (χ1n) is 6.98. The quantitative estimate of drug-likeness (QED) is 0.393. The van der Waals surface area contributed by atoms with Crippen molar-refractivity contribution in [3.63, 3.8) is 0 Å². The van der Waals surface area contributed by atoms with E-state index in [4.69, 9.17) is 5.73 Å². The Labute approximate surface area is 127 Å². The summed E-state index contributed by atoms with van der Waals surface area (Å²) in [6.07, 6.45) is 0.833. The van der Waals surface area contributed by atoms with Gasteiger partial charge >= 0.3 is 0 Å². The van der Waals surface area contributed by atoms with Crippen LogP contribution in [-0.2, 0) is 9.59 Å². The minimum Gasteiger partial charge on any atom is -0.398 e. The number of amides is 4. The van der Waals surface area contributed by atoms with Crippen LogP contribution in [0.1, 0.15) is 40.0 Å². The minimum absolute atomic E-state index is 0.122. The normalized spacial score (nSPS) is 25.0. The fraction of sp³-hybridized carbons (Fsp3) is 0.286. The smallest absolute Gasteiger partial charge is 0.263 e. The van der Waals surface area contributed by atoms with Gasteiger partial charge in [0.25, 0.3) is 11.8 Å². The zero-order valence-corrected chi connectivity index (χ0v) is 12.0. The van der Waals surface area contributed by atoms with Crippen LogP contribution in [0.3, 0.4) is 0 Å². The van der Waals surface area contributed by atoms with Gasteiger partial charge in [-0.3, -0.25) is 29.4 Å². The molecule has 8 heteroatoms. The average Bonchev–Trinajstić information content (AvgIpc) is 2.63. The van der Waals surface area contributed by atoms with Gasteiger partial charge in [-0.25, -0.2) is 0 Å². The Bertz CT molecular complexity index is 733. The van der Waals surface area contributed by atoms with Crippen LogP contribution < -0.4 is 11.1 Å². The van der Waals surface area contributed by atoms with Crippen molar-refractivity contribution in [3.8, 4) is 0 Å². The van der Waals surface area contributed by atoms with Gasteiger partial charge in [-0.1, -0.05) is 6.07 Å². The molecule has 0 spiro atoms. The summed E-state index contributed by atoms with van der Waals surface area (Å²) in [5, 5.41) is 2.24. The number of rotatable bonds is 1. The number of nitrogens with two attached hydrogens (primary N) is 1. The van der Waals surface area contributed by atoms with Gasteiger partial charge in [0.05, 0.1) is 16.6 Å². The Morgan fingerprint density at radius 1 is 1.18 bits per heavy atom. The van der Waals surface area contributed by atoms with Crippen molar-refractivity contribution in [2.45, 2.75) is 24.7 Å². The molecule has 1 aromatic rings. The van der Waals surface area contributed by atoms with Crippen LogP contribution in [-0.4, -0.2) is 41.8 Å². The van der Waals surface area contributed by atoms with Crippen LogP contribution in [0.5, 0.6) is 0 Å². The highest BCUT2D eigenvalue weighted by molar-refractivity contribution is 6.37. The molecule has 1 saturated heterocycles. The molecular weight excluding hydrogens is 285 g/mol. The van der Waals surface area contributed by atoms with E-state index in [1.165, 1.54) is 20.0 Å². The first-order valence-corrected chi connectivity index (χ1v) is 6.98. The molecule has 0 aromatic heterocycles. The van der Waals surface area contributed by atoms with Crippen LogP contribution in [0.25, 0.3) is 0 Å². The lowest BCUT2D eigenvalue weighted by molar-refractivity contribution is -0.132. The van der Waals surface area contributed by atoms with Crippen molar-refractivity contribution < 1.29 is 19.2 Å². The number of fused-ring (bicyclic) bond motifs is 1. The fourth-order valence-electron chi connectivity index (χ4n) is 3.00. The standard InChI is InChI=1S/C14H14BN3O4/c15-14(6-2-5-9(19)17-13(14)22)18-11(20)7-3-1-4-8(16)10(7)12(18)21/h1,3-4H,2,5-6,15-16H2,(H,17,19,22)/t14-/m1/s1. The summed E-state index contributed by atoms with van der Waals surface area (Å²) in [5.41, 5.74) is 4.91. The highest BCUT2D eigenvalue weighted by Crippen LogP contribution is 2.34. The largest absolute Gasteiger partial charge is 0.398 e. The first kappa shape index (κ1) is 14.3. The molecule has 2 heterocycles. The molecule has 0 radical (unpaired) electrons. The van der Waals surface area contributed by atoms with E-state index in [1.807, 2.05) is 0 Å². The van der Waals surface area contributed by atoms with Gasteiger partial charge in [-0.05, 0) is 25.0 Å². The van der Waals surface area contributed by atoms with E-state index in [0.29, 0.717) is 6.42 Å². The van der Waals surface area contributed by atoms with Crippen LogP contribution in [0.4, 0.5) is 5.69 Å². The lowest BCUT2D eigenvalue weighted by atomic mass is 9.72. The molecule has 1 fully saturated rings. The van der Waals surface area contributed by atoms with E-state index in [-0.39, 0.29) is 29.7 Å². The van der Waals surface area contributed by atoms with Crippen molar-refractivity contribution in [2.24, 2.45) is 0 Å². The molecule has 0 unspecified atom stereocenters. The Balaban J connectivity index is 2.08. The molecule has 22 heavy (non-hydrogen) atoms. The van der Waals surface area contributed by atoms with Crippen molar-refractivity contribution in [3.05, 3.63) is 29.3 Å². The number of benzene rings is 1. The van der Waals surface area contributed by atoms with Gasteiger partial charge in [-0.2, -0.15) is 0 Å². The number of anilines is 1. The number of nitrogens with zero attached hydrogens (tertiary/aromatic N) is 1. The molecule has 3 N–H and O–H groups in total. The highest BCUT2D eigenvalue weighted by atomic mass is 16.2. The number of carbonyl (C=O) groups excluding carboxylic acids is 4. The maximum Gasteiger partial charge on any atom is 0.263 e. The summed E-state index contributed by atoms with van der Waals surface area (Å²) < 4.78 is 0. The summed E-state index contributed by atoms with van der Waals surface area (Å²) in [7, 11) is 1.50. The third-order valence-electron chi connectivity index (χ3n) is 4.25. The van der Waals surface area contributed by atoms with Crippen molar-refractivity contribution in [2.75, 3.05) is 5.73 Å². The minimum atomic E-state index is -1.40. The molecular formula is C14H14BN3O4. The number of nitrogens with one attached hydrogen (secondary N) is 1. The summed E-state index contributed by atoms with van der Waals surface area (Å²) >= 11 is 0. The Morgan fingerprint density at radius 3 is 2.59 bits per heavy atom. The van der Waals surface area contributed by atoms with Gasteiger partial charge < -0.3 is 5.73 Å². The lowest BCUT2D eigenvalue weighted by Crippen LogP contribution is -2.61. The van der Waals surface area contributed by atoms with Crippen LogP contribution in [0, 0.1) is 0 Å². The summed E-state index contributed by atoms with van der Waals surface area (Å²) in [5.74, 6) is -2.18. The molecule has 112 valence electrons. The molecule has 1 atom stereocenters. The maximum atomic E-state index is 12.6. The molecule has 4 amide bonds. The Kier molecular flexibility index (Phi) is 3.05. The molecule has 1 aromatic carbocycles. The topological polar surface area (TPSA) is 110 Å². The zero-order valence-electron chi connectivity index (χ0n) is 12.0. The summed E-state index contributed by atoms with van der Waals surface area (Å²) in [4.78, 5) is 50.0. The number of nitrogen functional groups attached to an aromatic ring is 1. The third kappa shape index (κ3) is 1.83. The number of hydrogen-bond acceptors (Lipinski definition) is 5. The molecule has 2 aliphatic heterocycles. The second kappa shape index (κ2) is 4.69. The number of carbonyl (C=O) groups is 4. The van der Waals surface area contributed by atoms with E-state index < -0.39 is 29.1 Å². The molecule has 0 bridgehead atoms. The highest BCUT2D eigenvalue weighted by Gasteiger charge is 2.51. The van der Waals surface area contributed by atoms with E-state index >= 15 is 0 Å². The zero-order chi connectivity index (χ0) is 16.1. The summed E-state index contributed by atoms with van der Waals surface area (Å²) in [6, 6.07) is 4.63. The molecule has 3 rings (SSSR count). The van der Waals surface area contributed by atoms with E-state index in [2.05, 4.69) is 5.32 Å². The van der Waals surface area contributed by atoms with Gasteiger partial charge in [0.1, 0.15) is 7.85 Å². The van der Waals surface area contributed by atoms with E-state index in [9.17, 15) is 19.2 Å². The lowest BCUT2D eigenvalue weighted by Gasteiger charge is -2.34. The fourth-order valence-corrected chi connectivity index (χ4v) is 3.00. The third-order valence-corrected chi connectivity index (χ3v) is 4.25. The molecule has 7 nitrogen and oxygen atoms in total. The van der Waals surface area contributed by atoms with E-state index in [0.717, 1.165) is 4.90 Å². The number of imide groups is 2. The maximum absolute atomic E-state index is 12.6. The van der Waals surface area contributed by atoms with Crippen LogP contribution >= 0.6 is 0 Å².